The minimum Gasteiger partial charge on any atom is -0.396 e. The number of carbonyl (C=O) groups excluding carboxylic acids is 1. The molecule has 0 aromatic carbocycles. The van der Waals surface area contributed by atoms with Gasteiger partial charge in [0.05, 0.1) is 12.2 Å². The van der Waals surface area contributed by atoms with Crippen molar-refractivity contribution in [2.24, 2.45) is 0 Å². The molecule has 5 heteroatoms. The normalized spacial score (nSPS) is 9.57. The first kappa shape index (κ1) is 10.3. The second-order valence-electron chi connectivity index (χ2n) is 2.98. The number of rotatable bonds is 3. The van der Waals surface area contributed by atoms with Gasteiger partial charge < -0.3 is 16.4 Å². The van der Waals surface area contributed by atoms with Crippen LogP contribution in [-0.2, 0) is 4.79 Å². The molecule has 0 saturated carbocycles. The molecule has 0 spiro atoms. The Bertz CT molecular complexity index is 338. The Hall–Kier alpha value is -1.78. The number of hydrogen-bond acceptors (Lipinski definition) is 4. The summed E-state index contributed by atoms with van der Waals surface area (Å²) in [4.78, 5) is 15.0. The lowest BCUT2D eigenvalue weighted by Gasteiger charge is -2.07. The summed E-state index contributed by atoms with van der Waals surface area (Å²) in [5.41, 5.74) is 7.24. The third-order valence-electron chi connectivity index (χ3n) is 1.75. The van der Waals surface area contributed by atoms with Crippen molar-refractivity contribution in [1.29, 1.82) is 0 Å². The SMILES string of the molecule is CNC(=O)CNc1ncc(C)cc1N. The number of nitrogens with zero attached hydrogens (tertiary/aromatic N) is 1. The van der Waals surface area contributed by atoms with E-state index in [4.69, 9.17) is 5.73 Å². The number of anilines is 2. The fourth-order valence-electron chi connectivity index (χ4n) is 0.992. The van der Waals surface area contributed by atoms with E-state index in [0.717, 1.165) is 5.56 Å². The number of nitrogens with two attached hydrogens (primary N) is 1. The first-order chi connectivity index (χ1) is 6.63. The van der Waals surface area contributed by atoms with Crippen LogP contribution in [0.5, 0.6) is 0 Å². The first-order valence-electron chi connectivity index (χ1n) is 4.30. The molecule has 0 atom stereocenters. The predicted molar refractivity (Wildman–Crippen MR) is 55.9 cm³/mol. The number of nitrogens with one attached hydrogen (secondary N) is 2. The number of aryl methyl sites for hydroxylation is 1. The van der Waals surface area contributed by atoms with Gasteiger partial charge >= 0.3 is 0 Å². The van der Waals surface area contributed by atoms with Crippen LogP contribution in [0.1, 0.15) is 5.56 Å². The van der Waals surface area contributed by atoms with Crippen LogP contribution in [0, 0.1) is 6.92 Å². The summed E-state index contributed by atoms with van der Waals surface area (Å²) >= 11 is 0. The fraction of sp³-hybridized carbons (Fsp3) is 0.333. The van der Waals surface area contributed by atoms with Crippen molar-refractivity contribution in [2.45, 2.75) is 6.92 Å². The van der Waals surface area contributed by atoms with Crippen LogP contribution in [0.2, 0.25) is 0 Å². The Kier molecular flexibility index (Phi) is 3.28. The number of pyridine rings is 1. The monoisotopic (exact) mass is 194 g/mol. The molecule has 0 saturated heterocycles. The third-order valence-corrected chi connectivity index (χ3v) is 1.75. The molecule has 76 valence electrons. The van der Waals surface area contributed by atoms with E-state index < -0.39 is 0 Å². The van der Waals surface area contributed by atoms with Crippen LogP contribution in [0.25, 0.3) is 0 Å². The maximum absolute atomic E-state index is 10.9. The average molecular weight is 194 g/mol. The van der Waals surface area contributed by atoms with Crippen molar-refractivity contribution >= 4 is 17.4 Å². The number of hydrogen-bond donors (Lipinski definition) is 3. The van der Waals surface area contributed by atoms with Crippen LogP contribution in [0.15, 0.2) is 12.3 Å². The highest BCUT2D eigenvalue weighted by atomic mass is 16.1. The van der Waals surface area contributed by atoms with Crippen LogP contribution in [-0.4, -0.2) is 24.5 Å². The number of likely N-dealkylation sites (N-methyl/N-ethyl adjacent to an activating group) is 1. The van der Waals surface area contributed by atoms with Gasteiger partial charge in [-0.15, -0.1) is 0 Å². The van der Waals surface area contributed by atoms with E-state index in [-0.39, 0.29) is 12.5 Å². The van der Waals surface area contributed by atoms with Gasteiger partial charge in [-0.2, -0.15) is 0 Å². The van der Waals surface area contributed by atoms with E-state index in [2.05, 4.69) is 15.6 Å². The Morgan fingerprint density at radius 3 is 2.93 bits per heavy atom. The molecule has 0 fully saturated rings. The molecule has 1 heterocycles. The van der Waals surface area contributed by atoms with E-state index >= 15 is 0 Å². The highest BCUT2D eigenvalue weighted by Gasteiger charge is 2.02. The highest BCUT2D eigenvalue weighted by Crippen LogP contribution is 2.14. The van der Waals surface area contributed by atoms with Crippen LogP contribution in [0.4, 0.5) is 11.5 Å². The summed E-state index contributed by atoms with van der Waals surface area (Å²) in [6, 6.07) is 1.80. The molecule has 0 aliphatic rings. The van der Waals surface area contributed by atoms with E-state index in [9.17, 15) is 4.79 Å². The van der Waals surface area contributed by atoms with Crippen molar-refractivity contribution in [3.05, 3.63) is 17.8 Å². The quantitative estimate of drug-likeness (QED) is 0.639. The minimum atomic E-state index is -0.105. The summed E-state index contributed by atoms with van der Waals surface area (Å²) in [5, 5.41) is 5.34. The average Bonchev–Trinajstić information content (AvgIpc) is 2.16. The molecule has 4 N–H and O–H groups in total. The van der Waals surface area contributed by atoms with Crippen molar-refractivity contribution in [3.63, 3.8) is 0 Å². The molecule has 0 aliphatic carbocycles. The highest BCUT2D eigenvalue weighted by molar-refractivity contribution is 5.81. The largest absolute Gasteiger partial charge is 0.396 e. The van der Waals surface area contributed by atoms with Gasteiger partial charge in [0.15, 0.2) is 0 Å². The minimum absolute atomic E-state index is 0.105. The van der Waals surface area contributed by atoms with Crippen LogP contribution < -0.4 is 16.4 Å². The van der Waals surface area contributed by atoms with Crippen molar-refractivity contribution in [2.75, 3.05) is 24.6 Å². The van der Waals surface area contributed by atoms with Crippen molar-refractivity contribution in [1.82, 2.24) is 10.3 Å². The standard InChI is InChI=1S/C9H14N4O/c1-6-3-7(10)9(12-4-6)13-5-8(14)11-2/h3-4H,5,10H2,1-2H3,(H,11,14)(H,12,13). The molecular weight excluding hydrogens is 180 g/mol. The second kappa shape index (κ2) is 4.45. The lowest BCUT2D eigenvalue weighted by atomic mass is 10.3. The van der Waals surface area contributed by atoms with E-state index in [0.29, 0.717) is 11.5 Å². The smallest absolute Gasteiger partial charge is 0.239 e. The van der Waals surface area contributed by atoms with Gasteiger partial charge in [-0.3, -0.25) is 4.79 Å². The Morgan fingerprint density at radius 1 is 1.64 bits per heavy atom. The van der Waals surface area contributed by atoms with Gasteiger partial charge in [0.1, 0.15) is 5.82 Å². The molecule has 0 radical (unpaired) electrons. The molecule has 5 nitrogen and oxygen atoms in total. The van der Waals surface area contributed by atoms with Gasteiger partial charge in [0.2, 0.25) is 5.91 Å². The van der Waals surface area contributed by atoms with Gasteiger partial charge in [-0.05, 0) is 18.6 Å². The molecule has 1 aromatic heterocycles. The van der Waals surface area contributed by atoms with Gasteiger partial charge in [0.25, 0.3) is 0 Å². The van der Waals surface area contributed by atoms with Crippen LogP contribution >= 0.6 is 0 Å². The lowest BCUT2D eigenvalue weighted by molar-refractivity contribution is -0.118. The van der Waals surface area contributed by atoms with Crippen molar-refractivity contribution in [3.8, 4) is 0 Å². The number of aromatic nitrogens is 1. The zero-order valence-corrected chi connectivity index (χ0v) is 8.29. The molecule has 0 unspecified atom stereocenters. The summed E-state index contributed by atoms with van der Waals surface area (Å²) in [7, 11) is 1.58. The summed E-state index contributed by atoms with van der Waals surface area (Å²) in [5.74, 6) is 0.436. The third kappa shape index (κ3) is 2.62. The Labute approximate surface area is 82.7 Å². The molecule has 0 bridgehead atoms. The summed E-state index contributed by atoms with van der Waals surface area (Å²) < 4.78 is 0. The van der Waals surface area contributed by atoms with Crippen molar-refractivity contribution < 1.29 is 4.79 Å². The molecule has 1 aromatic rings. The number of amides is 1. The van der Waals surface area contributed by atoms with Gasteiger partial charge in [-0.1, -0.05) is 0 Å². The molecule has 1 amide bonds. The maximum Gasteiger partial charge on any atom is 0.239 e. The number of nitrogen functional groups attached to an aromatic ring is 1. The first-order valence-corrected chi connectivity index (χ1v) is 4.30. The summed E-state index contributed by atoms with van der Waals surface area (Å²) in [6.45, 7) is 2.09. The van der Waals surface area contributed by atoms with E-state index in [1.54, 1.807) is 19.3 Å². The summed E-state index contributed by atoms with van der Waals surface area (Å²) in [6.07, 6.45) is 1.70. The zero-order valence-electron chi connectivity index (χ0n) is 8.29. The topological polar surface area (TPSA) is 80.0 Å². The van der Waals surface area contributed by atoms with E-state index in [1.165, 1.54) is 0 Å². The number of carbonyl (C=O) groups is 1. The predicted octanol–water partition coefficient (Wildman–Crippen LogP) is 0.130. The molecule has 14 heavy (non-hydrogen) atoms. The molecule has 1 rings (SSSR count). The molecular formula is C9H14N4O. The Morgan fingerprint density at radius 2 is 2.36 bits per heavy atom. The lowest BCUT2D eigenvalue weighted by Crippen LogP contribution is -2.26. The second-order valence-corrected chi connectivity index (χ2v) is 2.98. The van der Waals surface area contributed by atoms with Gasteiger partial charge in [-0.25, -0.2) is 4.98 Å². The van der Waals surface area contributed by atoms with Crippen LogP contribution in [0.3, 0.4) is 0 Å². The molecule has 0 aliphatic heterocycles. The van der Waals surface area contributed by atoms with Gasteiger partial charge in [0, 0.05) is 13.2 Å². The maximum atomic E-state index is 10.9. The Balaban J connectivity index is 2.63. The fourth-order valence-corrected chi connectivity index (χ4v) is 0.992. The van der Waals surface area contributed by atoms with E-state index in [1.807, 2.05) is 6.92 Å². The zero-order chi connectivity index (χ0) is 10.6.